The zero-order chi connectivity index (χ0) is 17.5. The second kappa shape index (κ2) is 8.63. The van der Waals surface area contributed by atoms with Gasteiger partial charge in [0.25, 0.3) is 5.91 Å². The Morgan fingerprint density at radius 2 is 1.44 bits per heavy atom. The summed E-state index contributed by atoms with van der Waals surface area (Å²) in [7, 11) is 0. The molecule has 0 heterocycles. The highest BCUT2D eigenvalue weighted by atomic mass is 79.9. The van der Waals surface area contributed by atoms with E-state index in [1.807, 2.05) is 36.4 Å². The highest BCUT2D eigenvalue weighted by Gasteiger charge is 2.14. The van der Waals surface area contributed by atoms with E-state index < -0.39 is 0 Å². The first kappa shape index (κ1) is 17.4. The molecule has 0 fully saturated rings. The van der Waals surface area contributed by atoms with Crippen molar-refractivity contribution in [3.8, 4) is 0 Å². The third kappa shape index (κ3) is 4.80. The molecule has 126 valence electrons. The monoisotopic (exact) mass is 393 g/mol. The van der Waals surface area contributed by atoms with Crippen LogP contribution in [0.15, 0.2) is 89.4 Å². The number of carbonyl (C=O) groups is 1. The van der Waals surface area contributed by atoms with Gasteiger partial charge in [-0.05, 0) is 35.7 Å². The molecule has 0 aliphatic carbocycles. The van der Waals surface area contributed by atoms with E-state index >= 15 is 0 Å². The molecule has 1 amide bonds. The summed E-state index contributed by atoms with van der Waals surface area (Å²) in [4.78, 5) is 12.3. The lowest BCUT2D eigenvalue weighted by Gasteiger charge is -2.18. The van der Waals surface area contributed by atoms with E-state index in [4.69, 9.17) is 0 Å². The van der Waals surface area contributed by atoms with Gasteiger partial charge < -0.3 is 5.32 Å². The Labute approximate surface area is 157 Å². The molecule has 3 aromatic carbocycles. The quantitative estimate of drug-likeness (QED) is 0.596. The number of hydrogen-bond donors (Lipinski definition) is 1. The maximum Gasteiger partial charge on any atom is 0.251 e. The van der Waals surface area contributed by atoms with Crippen molar-refractivity contribution in [1.82, 2.24) is 5.32 Å². The Balaban J connectivity index is 1.68. The van der Waals surface area contributed by atoms with Crippen LogP contribution in [0.1, 0.15) is 33.8 Å². The van der Waals surface area contributed by atoms with Gasteiger partial charge in [-0.15, -0.1) is 0 Å². The van der Waals surface area contributed by atoms with Crippen molar-refractivity contribution in [2.75, 3.05) is 6.54 Å². The Morgan fingerprint density at radius 3 is 2.00 bits per heavy atom. The summed E-state index contributed by atoms with van der Waals surface area (Å²) >= 11 is 3.40. The average Bonchev–Trinajstić information content (AvgIpc) is 2.66. The van der Waals surface area contributed by atoms with Crippen molar-refractivity contribution < 1.29 is 4.79 Å². The van der Waals surface area contributed by atoms with Crippen LogP contribution in [0.5, 0.6) is 0 Å². The maximum atomic E-state index is 12.3. The van der Waals surface area contributed by atoms with Crippen LogP contribution < -0.4 is 5.32 Å². The van der Waals surface area contributed by atoms with E-state index in [1.54, 1.807) is 0 Å². The number of hydrogen-bond acceptors (Lipinski definition) is 1. The number of benzene rings is 3. The van der Waals surface area contributed by atoms with Crippen molar-refractivity contribution in [2.45, 2.75) is 12.3 Å². The van der Waals surface area contributed by atoms with Crippen LogP contribution in [0.4, 0.5) is 0 Å². The summed E-state index contributed by atoms with van der Waals surface area (Å²) in [6.45, 7) is 0.625. The number of amides is 1. The van der Waals surface area contributed by atoms with Gasteiger partial charge in [0.1, 0.15) is 0 Å². The van der Waals surface area contributed by atoms with Gasteiger partial charge in [-0.25, -0.2) is 0 Å². The normalized spacial score (nSPS) is 10.6. The van der Waals surface area contributed by atoms with Crippen molar-refractivity contribution in [2.24, 2.45) is 0 Å². The van der Waals surface area contributed by atoms with Gasteiger partial charge in [-0.2, -0.15) is 0 Å². The molecule has 0 aromatic heterocycles. The largest absolute Gasteiger partial charge is 0.352 e. The Bertz CT molecular complexity index is 778. The van der Waals surface area contributed by atoms with E-state index in [2.05, 4.69) is 69.8 Å². The lowest BCUT2D eigenvalue weighted by Crippen LogP contribution is -2.25. The summed E-state index contributed by atoms with van der Waals surface area (Å²) in [5.74, 6) is 0.228. The molecule has 25 heavy (non-hydrogen) atoms. The molecule has 0 saturated heterocycles. The maximum absolute atomic E-state index is 12.3. The highest BCUT2D eigenvalue weighted by molar-refractivity contribution is 9.10. The molecule has 3 aromatic rings. The summed E-state index contributed by atoms with van der Waals surface area (Å²) in [6, 6.07) is 28.3. The van der Waals surface area contributed by atoms with Gasteiger partial charge in [0.05, 0.1) is 0 Å². The van der Waals surface area contributed by atoms with Crippen LogP contribution in [0.25, 0.3) is 0 Å². The van der Waals surface area contributed by atoms with E-state index in [9.17, 15) is 4.79 Å². The lowest BCUT2D eigenvalue weighted by atomic mass is 9.88. The molecule has 0 aliphatic rings. The first-order valence-electron chi connectivity index (χ1n) is 8.37. The molecule has 3 rings (SSSR count). The zero-order valence-electron chi connectivity index (χ0n) is 13.9. The van der Waals surface area contributed by atoms with Crippen molar-refractivity contribution in [3.05, 3.63) is 106 Å². The minimum absolute atomic E-state index is 0.0406. The standard InChI is InChI=1S/C22H20BrNO/c23-20-13-7-12-19(16-20)22(25)24-15-14-21(17-8-3-1-4-9-17)18-10-5-2-6-11-18/h1-13,16,21H,14-15H2,(H,24,25). The summed E-state index contributed by atoms with van der Waals surface area (Å²) in [5.41, 5.74) is 3.21. The Morgan fingerprint density at radius 1 is 0.840 bits per heavy atom. The molecule has 0 saturated carbocycles. The minimum Gasteiger partial charge on any atom is -0.352 e. The summed E-state index contributed by atoms with van der Waals surface area (Å²) in [6.07, 6.45) is 0.855. The van der Waals surface area contributed by atoms with Crippen LogP contribution in [0.2, 0.25) is 0 Å². The van der Waals surface area contributed by atoms with Gasteiger partial charge in [-0.3, -0.25) is 4.79 Å². The van der Waals surface area contributed by atoms with Crippen molar-refractivity contribution in [1.29, 1.82) is 0 Å². The zero-order valence-corrected chi connectivity index (χ0v) is 15.4. The van der Waals surface area contributed by atoms with Gasteiger partial charge >= 0.3 is 0 Å². The fraction of sp³-hybridized carbons (Fsp3) is 0.136. The molecule has 0 radical (unpaired) electrons. The van der Waals surface area contributed by atoms with E-state index in [0.29, 0.717) is 12.1 Å². The highest BCUT2D eigenvalue weighted by Crippen LogP contribution is 2.27. The Kier molecular flexibility index (Phi) is 6.02. The molecule has 2 nitrogen and oxygen atoms in total. The van der Waals surface area contributed by atoms with Crippen molar-refractivity contribution in [3.63, 3.8) is 0 Å². The second-order valence-electron chi connectivity index (χ2n) is 5.93. The van der Waals surface area contributed by atoms with Crippen LogP contribution >= 0.6 is 15.9 Å². The summed E-state index contributed by atoms with van der Waals surface area (Å²) in [5, 5.41) is 3.04. The third-order valence-corrected chi connectivity index (χ3v) is 4.70. The van der Waals surface area contributed by atoms with Crippen LogP contribution in [0.3, 0.4) is 0 Å². The molecule has 0 atom stereocenters. The van der Waals surface area contributed by atoms with Gasteiger partial charge in [-0.1, -0.05) is 82.7 Å². The molecular weight excluding hydrogens is 374 g/mol. The predicted molar refractivity (Wildman–Crippen MR) is 106 cm³/mol. The molecule has 0 unspecified atom stereocenters. The molecular formula is C22H20BrNO. The third-order valence-electron chi connectivity index (χ3n) is 4.21. The molecule has 0 spiro atoms. The predicted octanol–water partition coefficient (Wildman–Crippen LogP) is 5.40. The smallest absolute Gasteiger partial charge is 0.251 e. The topological polar surface area (TPSA) is 29.1 Å². The van der Waals surface area contributed by atoms with Crippen molar-refractivity contribution >= 4 is 21.8 Å². The van der Waals surface area contributed by atoms with Gasteiger partial charge in [0.15, 0.2) is 0 Å². The lowest BCUT2D eigenvalue weighted by molar-refractivity contribution is 0.0952. The number of halogens is 1. The molecule has 3 heteroatoms. The second-order valence-corrected chi connectivity index (χ2v) is 6.84. The van der Waals surface area contributed by atoms with E-state index in [0.717, 1.165) is 10.9 Å². The molecule has 1 N–H and O–H groups in total. The molecule has 0 bridgehead atoms. The first-order valence-corrected chi connectivity index (χ1v) is 9.17. The minimum atomic E-state index is -0.0406. The number of carbonyl (C=O) groups excluding carboxylic acids is 1. The van der Waals surface area contributed by atoms with Crippen LogP contribution in [-0.2, 0) is 0 Å². The van der Waals surface area contributed by atoms with Gasteiger partial charge in [0, 0.05) is 22.5 Å². The number of nitrogens with one attached hydrogen (secondary N) is 1. The summed E-state index contributed by atoms with van der Waals surface area (Å²) < 4.78 is 0.909. The van der Waals surface area contributed by atoms with Crippen LogP contribution in [-0.4, -0.2) is 12.5 Å². The molecule has 0 aliphatic heterocycles. The fourth-order valence-electron chi connectivity index (χ4n) is 2.96. The average molecular weight is 394 g/mol. The van der Waals surface area contributed by atoms with Crippen LogP contribution in [0, 0.1) is 0 Å². The first-order chi connectivity index (χ1) is 12.2. The number of rotatable bonds is 6. The fourth-order valence-corrected chi connectivity index (χ4v) is 3.36. The van der Waals surface area contributed by atoms with E-state index in [1.165, 1.54) is 11.1 Å². The van der Waals surface area contributed by atoms with E-state index in [-0.39, 0.29) is 11.8 Å². The Hall–Kier alpha value is -2.39. The van der Waals surface area contributed by atoms with Gasteiger partial charge in [0.2, 0.25) is 0 Å². The SMILES string of the molecule is O=C(NCCC(c1ccccc1)c1ccccc1)c1cccc(Br)c1.